The molecule has 1 fully saturated rings. The number of para-hydroxylation sites is 1. The number of carbonyl (C=O) groups is 1. The van der Waals surface area contributed by atoms with E-state index in [1.165, 1.54) is 0 Å². The van der Waals surface area contributed by atoms with Crippen LogP contribution in [0.25, 0.3) is 0 Å². The quantitative estimate of drug-likeness (QED) is 0.840. The van der Waals surface area contributed by atoms with E-state index in [4.69, 9.17) is 4.74 Å². The Kier molecular flexibility index (Phi) is 6.05. The lowest BCUT2D eigenvalue weighted by Crippen LogP contribution is -2.47. The maximum Gasteiger partial charge on any atom is 0.263 e. The van der Waals surface area contributed by atoms with Crippen molar-refractivity contribution in [3.63, 3.8) is 0 Å². The van der Waals surface area contributed by atoms with E-state index in [-0.39, 0.29) is 18.6 Å². The van der Waals surface area contributed by atoms with Crippen LogP contribution in [0, 0.1) is 0 Å². The number of carbonyl (C=O) groups excluding carboxylic acids is 1. The second kappa shape index (κ2) is 8.03. The van der Waals surface area contributed by atoms with Gasteiger partial charge in [0.2, 0.25) is 0 Å². The maximum absolute atomic E-state index is 12.7. The van der Waals surface area contributed by atoms with Crippen LogP contribution in [0.2, 0.25) is 0 Å². The van der Waals surface area contributed by atoms with Crippen LogP contribution in [0.1, 0.15) is 39.0 Å². The number of hydrogen-bond acceptors (Lipinski definition) is 3. The van der Waals surface area contributed by atoms with Crippen LogP contribution in [-0.2, 0) is 4.79 Å². The van der Waals surface area contributed by atoms with Crippen LogP contribution in [0.5, 0.6) is 5.75 Å². The van der Waals surface area contributed by atoms with Crippen molar-refractivity contribution in [2.75, 3.05) is 13.2 Å². The molecule has 1 unspecified atom stereocenters. The number of nitrogens with zero attached hydrogens (tertiary/aromatic N) is 1. The Bertz CT molecular complexity index is 429. The molecule has 2 rings (SSSR count). The average Bonchev–Trinajstić information content (AvgIpc) is 3.04. The molecule has 0 heterocycles. The smallest absolute Gasteiger partial charge is 0.263 e. The molecule has 1 aromatic carbocycles. The molecule has 0 bridgehead atoms. The Morgan fingerprint density at radius 1 is 1.33 bits per heavy atom. The molecule has 1 saturated carbocycles. The van der Waals surface area contributed by atoms with Crippen LogP contribution in [0.4, 0.5) is 0 Å². The van der Waals surface area contributed by atoms with Gasteiger partial charge in [-0.25, -0.2) is 0 Å². The molecule has 1 N–H and O–H groups in total. The van der Waals surface area contributed by atoms with Crippen molar-refractivity contribution in [1.82, 2.24) is 4.90 Å². The van der Waals surface area contributed by atoms with Crippen molar-refractivity contribution in [3.05, 3.63) is 30.3 Å². The highest BCUT2D eigenvalue weighted by Gasteiger charge is 2.31. The summed E-state index contributed by atoms with van der Waals surface area (Å²) >= 11 is 0. The number of amides is 1. The number of aliphatic hydroxyl groups is 1. The zero-order chi connectivity index (χ0) is 15.1. The van der Waals surface area contributed by atoms with Gasteiger partial charge >= 0.3 is 0 Å². The molecule has 1 aliphatic carbocycles. The number of hydrogen-bond donors (Lipinski definition) is 1. The lowest BCUT2D eigenvalue weighted by molar-refractivity contribution is -0.141. The van der Waals surface area contributed by atoms with E-state index in [0.29, 0.717) is 18.7 Å². The normalized spacial score (nSPS) is 16.7. The Hall–Kier alpha value is -1.55. The molecule has 0 aliphatic heterocycles. The van der Waals surface area contributed by atoms with E-state index in [1.807, 2.05) is 42.2 Å². The fourth-order valence-electron chi connectivity index (χ4n) is 2.95. The summed E-state index contributed by atoms with van der Waals surface area (Å²) in [6, 6.07) is 9.71. The van der Waals surface area contributed by atoms with Gasteiger partial charge in [0.15, 0.2) is 6.10 Å². The van der Waals surface area contributed by atoms with E-state index in [2.05, 4.69) is 0 Å². The van der Waals surface area contributed by atoms with Gasteiger partial charge in [0, 0.05) is 12.6 Å². The van der Waals surface area contributed by atoms with Gasteiger partial charge in [-0.3, -0.25) is 4.79 Å². The van der Waals surface area contributed by atoms with Crippen LogP contribution in [-0.4, -0.2) is 41.2 Å². The molecule has 116 valence electrons. The standard InChI is InChI=1S/C17H25NO3/c1-2-16(21-15-10-4-3-5-11-15)17(20)18(12-13-19)14-8-6-7-9-14/h3-5,10-11,14,16,19H,2,6-9,12-13H2,1H3. The first-order valence-corrected chi connectivity index (χ1v) is 7.89. The minimum absolute atomic E-state index is 0.00213. The van der Waals surface area contributed by atoms with Crippen molar-refractivity contribution < 1.29 is 14.6 Å². The highest BCUT2D eigenvalue weighted by Crippen LogP contribution is 2.25. The highest BCUT2D eigenvalue weighted by molar-refractivity contribution is 5.81. The van der Waals surface area contributed by atoms with E-state index < -0.39 is 6.10 Å². The SMILES string of the molecule is CCC(Oc1ccccc1)C(=O)N(CCO)C1CCCC1. The monoisotopic (exact) mass is 291 g/mol. The maximum atomic E-state index is 12.7. The minimum Gasteiger partial charge on any atom is -0.481 e. The third-order valence-electron chi connectivity index (χ3n) is 4.06. The largest absolute Gasteiger partial charge is 0.481 e. The molecule has 4 nitrogen and oxygen atoms in total. The molecular weight excluding hydrogens is 266 g/mol. The molecule has 1 amide bonds. The minimum atomic E-state index is -0.473. The fraction of sp³-hybridized carbons (Fsp3) is 0.588. The fourth-order valence-corrected chi connectivity index (χ4v) is 2.95. The predicted molar refractivity (Wildman–Crippen MR) is 82.2 cm³/mol. The van der Waals surface area contributed by atoms with E-state index >= 15 is 0 Å². The van der Waals surface area contributed by atoms with Gasteiger partial charge < -0.3 is 14.7 Å². The Balaban J connectivity index is 2.05. The second-order valence-corrected chi connectivity index (χ2v) is 5.52. The molecule has 0 spiro atoms. The van der Waals surface area contributed by atoms with Gasteiger partial charge in [0.1, 0.15) is 5.75 Å². The number of aliphatic hydroxyl groups excluding tert-OH is 1. The summed E-state index contributed by atoms with van der Waals surface area (Å²) in [7, 11) is 0. The van der Waals surface area contributed by atoms with Gasteiger partial charge in [0.25, 0.3) is 5.91 Å². The van der Waals surface area contributed by atoms with Crippen LogP contribution >= 0.6 is 0 Å². The van der Waals surface area contributed by atoms with Crippen molar-refractivity contribution >= 4 is 5.91 Å². The molecule has 1 atom stereocenters. The molecule has 0 aromatic heterocycles. The third kappa shape index (κ3) is 4.21. The second-order valence-electron chi connectivity index (χ2n) is 5.52. The number of rotatable bonds is 7. The van der Waals surface area contributed by atoms with Gasteiger partial charge in [-0.05, 0) is 31.4 Å². The summed E-state index contributed by atoms with van der Waals surface area (Å²) in [5.41, 5.74) is 0. The van der Waals surface area contributed by atoms with Crippen molar-refractivity contribution in [1.29, 1.82) is 0 Å². The van der Waals surface area contributed by atoms with E-state index in [0.717, 1.165) is 25.7 Å². The first kappa shape index (κ1) is 15.8. The summed E-state index contributed by atoms with van der Waals surface area (Å²) in [5.74, 6) is 0.718. The first-order valence-electron chi connectivity index (χ1n) is 7.89. The molecule has 1 aliphatic rings. The zero-order valence-corrected chi connectivity index (χ0v) is 12.7. The van der Waals surface area contributed by atoms with Crippen LogP contribution in [0.15, 0.2) is 30.3 Å². The first-order chi connectivity index (χ1) is 10.3. The van der Waals surface area contributed by atoms with Gasteiger partial charge in [0.05, 0.1) is 6.61 Å². The molecule has 4 heteroatoms. The zero-order valence-electron chi connectivity index (χ0n) is 12.7. The number of benzene rings is 1. The molecule has 0 saturated heterocycles. The average molecular weight is 291 g/mol. The number of ether oxygens (including phenoxy) is 1. The van der Waals surface area contributed by atoms with Gasteiger partial charge in [-0.15, -0.1) is 0 Å². The summed E-state index contributed by atoms with van der Waals surface area (Å²) in [6.45, 7) is 2.36. The molecule has 0 radical (unpaired) electrons. The van der Waals surface area contributed by atoms with Crippen LogP contribution < -0.4 is 4.74 Å². The highest BCUT2D eigenvalue weighted by atomic mass is 16.5. The van der Waals surface area contributed by atoms with E-state index in [1.54, 1.807) is 0 Å². The van der Waals surface area contributed by atoms with E-state index in [9.17, 15) is 9.90 Å². The summed E-state index contributed by atoms with van der Waals surface area (Å²) in [6.07, 6.45) is 4.55. The Morgan fingerprint density at radius 3 is 2.57 bits per heavy atom. The lowest BCUT2D eigenvalue weighted by atomic mass is 10.1. The summed E-state index contributed by atoms with van der Waals surface area (Å²) < 4.78 is 5.84. The summed E-state index contributed by atoms with van der Waals surface area (Å²) in [4.78, 5) is 14.6. The Morgan fingerprint density at radius 2 is 2.00 bits per heavy atom. The third-order valence-corrected chi connectivity index (χ3v) is 4.06. The molecule has 21 heavy (non-hydrogen) atoms. The van der Waals surface area contributed by atoms with Crippen molar-refractivity contribution in [3.8, 4) is 5.75 Å². The van der Waals surface area contributed by atoms with Gasteiger partial charge in [-0.2, -0.15) is 0 Å². The van der Waals surface area contributed by atoms with Gasteiger partial charge in [-0.1, -0.05) is 38.0 Å². The van der Waals surface area contributed by atoms with Crippen molar-refractivity contribution in [2.45, 2.75) is 51.2 Å². The topological polar surface area (TPSA) is 49.8 Å². The Labute approximate surface area is 126 Å². The van der Waals surface area contributed by atoms with Crippen molar-refractivity contribution in [2.24, 2.45) is 0 Å². The lowest BCUT2D eigenvalue weighted by Gasteiger charge is -2.31. The molecule has 1 aromatic rings. The predicted octanol–water partition coefficient (Wildman–Crippen LogP) is 2.61. The molecular formula is C17H25NO3. The van der Waals surface area contributed by atoms with Crippen LogP contribution in [0.3, 0.4) is 0 Å². The summed E-state index contributed by atoms with van der Waals surface area (Å²) in [5, 5.41) is 9.26.